The van der Waals surface area contributed by atoms with Gasteiger partial charge in [-0.3, -0.25) is 0 Å². The summed E-state index contributed by atoms with van der Waals surface area (Å²) in [5, 5.41) is 15.4. The molecule has 6 nitrogen and oxygen atoms in total. The van der Waals surface area contributed by atoms with Gasteiger partial charge in [0.25, 0.3) is 0 Å². The molecule has 0 saturated heterocycles. The Labute approximate surface area is 195 Å². The third-order valence-corrected chi connectivity index (χ3v) is 6.46. The van der Waals surface area contributed by atoms with Crippen LogP contribution < -0.4 is 5.32 Å². The molecule has 1 N–H and O–H groups in total. The Hall–Kier alpha value is -3.41. The molecule has 6 heteroatoms. The van der Waals surface area contributed by atoms with E-state index in [2.05, 4.69) is 83.1 Å². The largest absolute Gasteiger partial charge is 0.366 e. The first-order valence-electron chi connectivity index (χ1n) is 11.9. The summed E-state index contributed by atoms with van der Waals surface area (Å²) >= 11 is 0. The molecule has 2 aliphatic rings. The summed E-state index contributed by atoms with van der Waals surface area (Å²) < 4.78 is 0. The van der Waals surface area contributed by atoms with Gasteiger partial charge >= 0.3 is 0 Å². The predicted octanol–water partition coefficient (Wildman–Crippen LogP) is 6.54. The molecule has 1 atom stereocenters. The highest BCUT2D eigenvalue weighted by atomic mass is 15.4. The number of nitrogens with zero attached hydrogens (tertiary/aromatic N) is 5. The molecule has 0 spiro atoms. The molecule has 2 aliphatic heterocycles. The van der Waals surface area contributed by atoms with Crippen LogP contribution in [0.3, 0.4) is 0 Å². The van der Waals surface area contributed by atoms with Gasteiger partial charge in [0.15, 0.2) is 0 Å². The molecule has 1 aromatic heterocycles. The van der Waals surface area contributed by atoms with Gasteiger partial charge < -0.3 is 5.32 Å². The zero-order valence-corrected chi connectivity index (χ0v) is 19.4. The summed E-state index contributed by atoms with van der Waals surface area (Å²) in [5.74, 6) is 0.940. The van der Waals surface area contributed by atoms with E-state index in [9.17, 15) is 0 Å². The molecule has 0 amide bonds. The fraction of sp³-hybridized carbons (Fsp3) is 0.370. The summed E-state index contributed by atoms with van der Waals surface area (Å²) in [7, 11) is 0. The molecular weight excluding hydrogens is 408 g/mol. The Kier molecular flexibility index (Phi) is 6.24. The molecule has 0 bridgehead atoms. The molecule has 3 aromatic rings. The zero-order chi connectivity index (χ0) is 22.6. The van der Waals surface area contributed by atoms with E-state index in [4.69, 9.17) is 9.97 Å². The maximum Gasteiger partial charge on any atom is 0.148 e. The van der Waals surface area contributed by atoms with Crippen LogP contribution in [0.1, 0.15) is 48.9 Å². The summed E-state index contributed by atoms with van der Waals surface area (Å²) in [4.78, 5) is 10.3. The molecule has 2 aromatic carbocycles. The van der Waals surface area contributed by atoms with E-state index < -0.39 is 0 Å². The van der Waals surface area contributed by atoms with Gasteiger partial charge in [-0.05, 0) is 51.2 Å². The molecule has 0 saturated carbocycles. The van der Waals surface area contributed by atoms with Crippen molar-refractivity contribution >= 4 is 11.5 Å². The molecule has 1 unspecified atom stereocenters. The Balaban J connectivity index is 1.37. The van der Waals surface area contributed by atoms with Gasteiger partial charge in [-0.1, -0.05) is 66.1 Å². The second kappa shape index (κ2) is 9.61. The van der Waals surface area contributed by atoms with Crippen molar-refractivity contribution in [2.45, 2.75) is 58.4 Å². The third kappa shape index (κ3) is 5.00. The van der Waals surface area contributed by atoms with Crippen molar-refractivity contribution in [1.82, 2.24) is 9.97 Å². The van der Waals surface area contributed by atoms with Gasteiger partial charge in [-0.2, -0.15) is 5.11 Å². The summed E-state index contributed by atoms with van der Waals surface area (Å²) in [5.41, 5.74) is 8.78. The van der Waals surface area contributed by atoms with Crippen LogP contribution in [0.4, 0.5) is 5.82 Å². The van der Waals surface area contributed by atoms with E-state index >= 15 is 0 Å². The van der Waals surface area contributed by atoms with Crippen LogP contribution in [0.2, 0.25) is 0 Å². The lowest BCUT2D eigenvalue weighted by molar-refractivity contribution is 0.544. The second-order valence-corrected chi connectivity index (χ2v) is 9.13. The lowest BCUT2D eigenvalue weighted by Crippen LogP contribution is -2.27. The Morgan fingerprint density at radius 2 is 1.52 bits per heavy atom. The first-order valence-corrected chi connectivity index (χ1v) is 11.9. The number of hydrogen-bond donors (Lipinski definition) is 1. The van der Waals surface area contributed by atoms with Crippen molar-refractivity contribution in [2.75, 3.05) is 11.9 Å². The normalized spacial score (nSPS) is 16.9. The van der Waals surface area contributed by atoms with Crippen LogP contribution >= 0.6 is 0 Å². The first kappa shape index (κ1) is 21.4. The van der Waals surface area contributed by atoms with E-state index in [1.807, 2.05) is 0 Å². The predicted molar refractivity (Wildman–Crippen MR) is 134 cm³/mol. The van der Waals surface area contributed by atoms with Crippen LogP contribution in [0.15, 0.2) is 64.0 Å². The molecule has 5 rings (SSSR count). The van der Waals surface area contributed by atoms with E-state index in [1.54, 1.807) is 0 Å². The van der Waals surface area contributed by atoms with Crippen molar-refractivity contribution in [3.8, 4) is 22.5 Å². The molecule has 0 aliphatic carbocycles. The van der Waals surface area contributed by atoms with Crippen molar-refractivity contribution in [1.29, 1.82) is 0 Å². The van der Waals surface area contributed by atoms with Crippen molar-refractivity contribution < 1.29 is 0 Å². The van der Waals surface area contributed by atoms with E-state index in [1.165, 1.54) is 11.1 Å². The number of anilines is 1. The smallest absolute Gasteiger partial charge is 0.148 e. The molecular formula is C27H30N6. The van der Waals surface area contributed by atoms with E-state index in [0.717, 1.165) is 78.3 Å². The number of nitrogens with one attached hydrogen (secondary N) is 1. The van der Waals surface area contributed by atoms with E-state index in [-0.39, 0.29) is 0 Å². The lowest BCUT2D eigenvalue weighted by atomic mass is 9.97. The Morgan fingerprint density at radius 3 is 2.15 bits per heavy atom. The fourth-order valence-electron chi connectivity index (χ4n) is 4.47. The summed E-state index contributed by atoms with van der Waals surface area (Å²) in [6, 6.07) is 17.6. The average molecular weight is 439 g/mol. The maximum absolute atomic E-state index is 5.14. The van der Waals surface area contributed by atoms with Crippen LogP contribution in [-0.4, -0.2) is 28.3 Å². The zero-order valence-electron chi connectivity index (χ0n) is 19.4. The highest BCUT2D eigenvalue weighted by Crippen LogP contribution is 2.34. The van der Waals surface area contributed by atoms with Crippen molar-refractivity contribution in [3.05, 3.63) is 65.4 Å². The number of aryl methyl sites for hydroxylation is 3. The van der Waals surface area contributed by atoms with Crippen LogP contribution in [-0.2, 0) is 6.42 Å². The minimum atomic E-state index is 0.433. The average Bonchev–Trinajstić information content (AvgIpc) is 3.36. The molecule has 0 radical (unpaired) electrons. The number of benzene rings is 2. The Bertz CT molecular complexity index is 1180. The van der Waals surface area contributed by atoms with Crippen molar-refractivity contribution in [2.24, 2.45) is 15.4 Å². The van der Waals surface area contributed by atoms with Crippen LogP contribution in [0.25, 0.3) is 22.5 Å². The third-order valence-electron chi connectivity index (χ3n) is 6.46. The topological polar surface area (TPSA) is 74.9 Å². The van der Waals surface area contributed by atoms with Gasteiger partial charge in [0.2, 0.25) is 0 Å². The number of rotatable bonds is 7. The van der Waals surface area contributed by atoms with E-state index in [0.29, 0.717) is 12.6 Å². The number of aromatic nitrogens is 2. The molecule has 0 fully saturated rings. The van der Waals surface area contributed by atoms with Crippen LogP contribution in [0.5, 0.6) is 0 Å². The number of fused-ring (bicyclic) bond motifs is 1. The standard InChI is InChI=1S/C27H30N6/c1-18-7-11-20(12-8-18)25-26(21-13-9-19(2)10-14-21)31-27-24(30-25)16-15-22(29-27)5-3-4-6-23-17-28-33-32-23/h7-14,22H,3-6,15-17H2,1-2H3,(H,29,31). The highest BCUT2D eigenvalue weighted by molar-refractivity contribution is 5.87. The quantitative estimate of drug-likeness (QED) is 0.426. The van der Waals surface area contributed by atoms with Gasteiger partial charge in [0.05, 0.1) is 22.8 Å². The molecule has 33 heavy (non-hydrogen) atoms. The maximum atomic E-state index is 5.14. The minimum absolute atomic E-state index is 0.433. The SMILES string of the molecule is Cc1ccc(-c2nc3c(nc2-c2ccc(C)cc2)NC(CCCCC2=NN=NC2)CC3)cc1. The minimum Gasteiger partial charge on any atom is -0.366 e. The van der Waals surface area contributed by atoms with Gasteiger partial charge in [0.1, 0.15) is 12.4 Å². The summed E-state index contributed by atoms with van der Waals surface area (Å²) in [6.45, 7) is 4.90. The Morgan fingerprint density at radius 1 is 0.848 bits per heavy atom. The van der Waals surface area contributed by atoms with Crippen LogP contribution in [0, 0.1) is 13.8 Å². The van der Waals surface area contributed by atoms with Gasteiger partial charge in [-0.15, -0.1) is 5.10 Å². The lowest BCUT2D eigenvalue weighted by Gasteiger charge is -2.27. The first-order chi connectivity index (χ1) is 16.2. The fourth-order valence-corrected chi connectivity index (χ4v) is 4.47. The van der Waals surface area contributed by atoms with Gasteiger partial charge in [-0.25, -0.2) is 9.97 Å². The second-order valence-electron chi connectivity index (χ2n) is 9.13. The molecule has 168 valence electrons. The highest BCUT2D eigenvalue weighted by Gasteiger charge is 2.23. The monoisotopic (exact) mass is 438 g/mol. The molecule has 3 heterocycles. The van der Waals surface area contributed by atoms with Crippen molar-refractivity contribution in [3.63, 3.8) is 0 Å². The van der Waals surface area contributed by atoms with Gasteiger partial charge in [0, 0.05) is 17.2 Å². The summed E-state index contributed by atoms with van der Waals surface area (Å²) in [6.07, 6.45) is 6.45. The number of unbranched alkanes of at least 4 members (excludes halogenated alkanes) is 1. The number of hydrogen-bond acceptors (Lipinski definition) is 6.